The maximum absolute atomic E-state index is 13.1. The first kappa shape index (κ1) is 19.9. The molecule has 1 aromatic heterocycles. The molecule has 0 aliphatic carbocycles. The number of hydrogen-bond acceptors (Lipinski definition) is 5. The van der Waals surface area contributed by atoms with Crippen molar-refractivity contribution in [3.05, 3.63) is 59.9 Å². The average Bonchev–Trinajstić information content (AvgIpc) is 3.07. The molecular formula is C20H22FN5OS. The molecule has 0 saturated carbocycles. The third-order valence-electron chi connectivity index (χ3n) is 4.48. The van der Waals surface area contributed by atoms with Gasteiger partial charge in [0.25, 0.3) is 0 Å². The van der Waals surface area contributed by atoms with Gasteiger partial charge in [0.15, 0.2) is 5.82 Å². The van der Waals surface area contributed by atoms with Gasteiger partial charge in [-0.1, -0.05) is 37.7 Å². The zero-order valence-corrected chi connectivity index (χ0v) is 16.5. The summed E-state index contributed by atoms with van der Waals surface area (Å²) in [4.78, 5) is 12.2. The molecule has 2 aromatic carbocycles. The van der Waals surface area contributed by atoms with Crippen LogP contribution in [0.1, 0.15) is 31.7 Å². The molecular weight excluding hydrogens is 377 g/mol. The van der Waals surface area contributed by atoms with Gasteiger partial charge >= 0.3 is 0 Å². The van der Waals surface area contributed by atoms with Crippen molar-refractivity contribution in [2.45, 2.75) is 31.3 Å². The second-order valence-corrected chi connectivity index (χ2v) is 7.39. The molecule has 0 unspecified atom stereocenters. The number of anilines is 1. The van der Waals surface area contributed by atoms with Gasteiger partial charge in [-0.05, 0) is 54.3 Å². The number of nitrogens with one attached hydrogen (secondary N) is 1. The topological polar surface area (TPSA) is 85.8 Å². The van der Waals surface area contributed by atoms with Crippen LogP contribution in [0.25, 0.3) is 11.4 Å². The smallest absolute Gasteiger partial charge is 0.234 e. The summed E-state index contributed by atoms with van der Waals surface area (Å²) in [6, 6.07) is 13.7. The van der Waals surface area contributed by atoms with E-state index in [1.807, 2.05) is 24.3 Å². The lowest BCUT2D eigenvalue weighted by molar-refractivity contribution is -0.113. The number of carbonyl (C=O) groups excluding carboxylic acids is 1. The van der Waals surface area contributed by atoms with E-state index in [1.165, 1.54) is 34.1 Å². The number of nitrogens with two attached hydrogens (primary N) is 1. The number of nitrogens with zero attached hydrogens (tertiary/aromatic N) is 3. The fraction of sp³-hybridized carbons (Fsp3) is 0.250. The van der Waals surface area contributed by atoms with Gasteiger partial charge in [0.1, 0.15) is 5.82 Å². The van der Waals surface area contributed by atoms with Gasteiger partial charge < -0.3 is 11.2 Å². The number of hydrogen-bond donors (Lipinski definition) is 2. The van der Waals surface area contributed by atoms with Gasteiger partial charge in [-0.2, -0.15) is 0 Å². The molecule has 0 aliphatic rings. The van der Waals surface area contributed by atoms with Crippen molar-refractivity contribution in [3.63, 3.8) is 0 Å². The molecule has 0 saturated heterocycles. The zero-order valence-electron chi connectivity index (χ0n) is 15.7. The predicted octanol–water partition coefficient (Wildman–Crippen LogP) is 4.04. The lowest BCUT2D eigenvalue weighted by atomic mass is 9.99. The lowest BCUT2D eigenvalue weighted by Crippen LogP contribution is -2.16. The molecule has 0 radical (unpaired) electrons. The van der Waals surface area contributed by atoms with Crippen LogP contribution >= 0.6 is 11.8 Å². The van der Waals surface area contributed by atoms with Crippen LogP contribution in [0.2, 0.25) is 0 Å². The van der Waals surface area contributed by atoms with Crippen LogP contribution in [0.3, 0.4) is 0 Å². The number of carbonyl (C=O) groups is 1. The minimum atomic E-state index is -0.338. The zero-order chi connectivity index (χ0) is 20.1. The Kier molecular flexibility index (Phi) is 6.30. The number of amides is 1. The summed E-state index contributed by atoms with van der Waals surface area (Å²) in [6.07, 6.45) is 1.07. The minimum absolute atomic E-state index is 0.145. The molecule has 1 heterocycles. The Morgan fingerprint density at radius 3 is 2.50 bits per heavy atom. The summed E-state index contributed by atoms with van der Waals surface area (Å²) in [5.41, 5.74) is 2.65. The largest absolute Gasteiger partial charge is 0.335 e. The molecule has 6 nitrogen and oxygen atoms in total. The van der Waals surface area contributed by atoms with Crippen molar-refractivity contribution in [3.8, 4) is 11.4 Å². The highest BCUT2D eigenvalue weighted by atomic mass is 32.2. The summed E-state index contributed by atoms with van der Waals surface area (Å²) < 4.78 is 14.4. The monoisotopic (exact) mass is 399 g/mol. The molecule has 8 heteroatoms. The maximum atomic E-state index is 13.1. The van der Waals surface area contributed by atoms with Gasteiger partial charge in [-0.3, -0.25) is 4.79 Å². The van der Waals surface area contributed by atoms with Crippen LogP contribution in [0.15, 0.2) is 53.7 Å². The normalized spacial score (nSPS) is 12.0. The first-order valence-corrected chi connectivity index (χ1v) is 9.95. The van der Waals surface area contributed by atoms with Crippen molar-refractivity contribution in [1.82, 2.24) is 14.9 Å². The Labute approximate surface area is 167 Å². The molecule has 0 fully saturated rings. The van der Waals surface area contributed by atoms with Crippen LogP contribution in [0.4, 0.5) is 10.1 Å². The van der Waals surface area contributed by atoms with Gasteiger partial charge in [0.2, 0.25) is 11.1 Å². The van der Waals surface area contributed by atoms with E-state index in [4.69, 9.17) is 5.84 Å². The van der Waals surface area contributed by atoms with Gasteiger partial charge in [-0.15, -0.1) is 10.2 Å². The molecule has 0 bridgehead atoms. The first-order chi connectivity index (χ1) is 13.5. The quantitative estimate of drug-likeness (QED) is 0.463. The summed E-state index contributed by atoms with van der Waals surface area (Å²) in [5, 5.41) is 11.3. The van der Waals surface area contributed by atoms with Crippen LogP contribution < -0.4 is 11.2 Å². The van der Waals surface area contributed by atoms with E-state index in [-0.39, 0.29) is 17.5 Å². The van der Waals surface area contributed by atoms with E-state index in [0.29, 0.717) is 22.5 Å². The van der Waals surface area contributed by atoms with Crippen molar-refractivity contribution in [1.29, 1.82) is 0 Å². The van der Waals surface area contributed by atoms with E-state index in [9.17, 15) is 9.18 Å². The van der Waals surface area contributed by atoms with Crippen molar-refractivity contribution in [2.24, 2.45) is 0 Å². The number of nitrogen functional groups attached to an aromatic ring is 1. The molecule has 0 spiro atoms. The predicted molar refractivity (Wildman–Crippen MR) is 110 cm³/mol. The molecule has 3 aromatic rings. The third kappa shape index (κ3) is 4.69. The van der Waals surface area contributed by atoms with E-state index < -0.39 is 0 Å². The maximum Gasteiger partial charge on any atom is 0.234 e. The highest BCUT2D eigenvalue weighted by Crippen LogP contribution is 2.23. The fourth-order valence-electron chi connectivity index (χ4n) is 2.63. The molecule has 146 valence electrons. The van der Waals surface area contributed by atoms with Gasteiger partial charge in [0, 0.05) is 11.3 Å². The number of rotatable bonds is 7. The molecule has 0 aliphatic heterocycles. The summed E-state index contributed by atoms with van der Waals surface area (Å²) >= 11 is 1.18. The first-order valence-electron chi connectivity index (χ1n) is 8.97. The molecule has 1 atom stereocenters. The summed E-state index contributed by atoms with van der Waals surface area (Å²) in [7, 11) is 0. The standard InChI is InChI=1S/C20H22FN5OS/c1-3-13(2)14-6-10-17(11-7-14)23-18(27)12-28-20-25-24-19(26(20)22)15-4-8-16(21)9-5-15/h4-11,13H,3,12,22H2,1-2H3,(H,23,27)/t13-/m0/s1. The minimum Gasteiger partial charge on any atom is -0.335 e. The summed E-state index contributed by atoms with van der Waals surface area (Å²) in [5.74, 6) is 6.56. The van der Waals surface area contributed by atoms with Crippen molar-refractivity contribution in [2.75, 3.05) is 16.9 Å². The number of thioether (sulfide) groups is 1. The van der Waals surface area contributed by atoms with Crippen LogP contribution in [-0.4, -0.2) is 26.5 Å². The molecule has 28 heavy (non-hydrogen) atoms. The van der Waals surface area contributed by atoms with E-state index in [0.717, 1.165) is 12.1 Å². The van der Waals surface area contributed by atoms with E-state index in [2.05, 4.69) is 29.4 Å². The van der Waals surface area contributed by atoms with E-state index >= 15 is 0 Å². The Morgan fingerprint density at radius 1 is 1.18 bits per heavy atom. The van der Waals surface area contributed by atoms with Crippen LogP contribution in [0.5, 0.6) is 0 Å². The SMILES string of the molecule is CC[C@H](C)c1ccc(NC(=O)CSc2nnc(-c3ccc(F)cc3)n2N)cc1. The Bertz CT molecular complexity index is 940. The highest BCUT2D eigenvalue weighted by molar-refractivity contribution is 7.99. The lowest BCUT2D eigenvalue weighted by Gasteiger charge is -2.10. The Morgan fingerprint density at radius 2 is 1.86 bits per heavy atom. The van der Waals surface area contributed by atoms with Crippen molar-refractivity contribution >= 4 is 23.4 Å². The fourth-order valence-corrected chi connectivity index (χ4v) is 3.29. The third-order valence-corrected chi connectivity index (χ3v) is 5.42. The van der Waals surface area contributed by atoms with Crippen LogP contribution in [-0.2, 0) is 4.79 Å². The average molecular weight is 399 g/mol. The molecule has 3 rings (SSSR count). The Balaban J connectivity index is 1.58. The van der Waals surface area contributed by atoms with Gasteiger partial charge in [0.05, 0.1) is 5.75 Å². The summed E-state index contributed by atoms with van der Waals surface area (Å²) in [6.45, 7) is 4.32. The Hall–Kier alpha value is -2.87. The van der Waals surface area contributed by atoms with Crippen molar-refractivity contribution < 1.29 is 9.18 Å². The molecule has 3 N–H and O–H groups in total. The number of benzene rings is 2. The number of aromatic nitrogens is 3. The van der Waals surface area contributed by atoms with Crippen LogP contribution in [0, 0.1) is 5.82 Å². The number of halogens is 1. The highest BCUT2D eigenvalue weighted by Gasteiger charge is 2.14. The van der Waals surface area contributed by atoms with Gasteiger partial charge in [-0.25, -0.2) is 9.07 Å². The van der Waals surface area contributed by atoms with E-state index in [1.54, 1.807) is 12.1 Å². The molecule has 1 amide bonds. The second-order valence-electron chi connectivity index (χ2n) is 6.45. The second kappa shape index (κ2) is 8.88.